The summed E-state index contributed by atoms with van der Waals surface area (Å²) >= 11 is 0. The van der Waals surface area contributed by atoms with Gasteiger partial charge in [0.1, 0.15) is 5.82 Å². The Kier molecular flexibility index (Phi) is 6.73. The molecule has 0 aliphatic heterocycles. The van der Waals surface area contributed by atoms with Crippen LogP contribution in [-0.2, 0) is 6.54 Å². The molecule has 0 saturated heterocycles. The molecule has 8 heteroatoms. The lowest BCUT2D eigenvalue weighted by molar-refractivity contribution is 0.0930. The van der Waals surface area contributed by atoms with Crippen LogP contribution in [0.1, 0.15) is 45.7 Å². The topological polar surface area (TPSA) is 86.0 Å². The fourth-order valence-corrected chi connectivity index (χ4v) is 3.71. The number of rotatable bonds is 6. The maximum atomic E-state index is 14.4. The Morgan fingerprint density at radius 3 is 2.34 bits per heavy atom. The monoisotopic (exact) mass is 472 g/mol. The van der Waals surface area contributed by atoms with E-state index in [1.807, 2.05) is 50.2 Å². The summed E-state index contributed by atoms with van der Waals surface area (Å²) in [5.41, 5.74) is 1.18. The van der Waals surface area contributed by atoms with E-state index in [0.717, 1.165) is 25.9 Å². The van der Waals surface area contributed by atoms with E-state index in [2.05, 4.69) is 10.4 Å². The molecular formula is C27H25FN4O3. The van der Waals surface area contributed by atoms with Crippen molar-refractivity contribution >= 4 is 5.91 Å². The van der Waals surface area contributed by atoms with Crippen molar-refractivity contribution in [3.05, 3.63) is 127 Å². The van der Waals surface area contributed by atoms with E-state index in [4.69, 9.17) is 0 Å². The van der Waals surface area contributed by atoms with Crippen LogP contribution in [0.4, 0.5) is 4.39 Å². The lowest BCUT2D eigenvalue weighted by atomic mass is 10.1. The highest BCUT2D eigenvalue weighted by Crippen LogP contribution is 2.14. The molecule has 0 bridgehead atoms. The molecule has 1 aromatic heterocycles. The van der Waals surface area contributed by atoms with E-state index in [9.17, 15) is 18.8 Å². The standard InChI is InChI=1S/C27H25FN4O3/c1-17-13-14-22(15-18(17)2)32-27(35)31(16-21-11-7-8-12-23(21)28)26(34)24(30-32)25(33)29-19(3)20-9-5-4-6-10-20/h4-15,19H,16H2,1-3H3,(H,29,33)/t19-/m1/s1. The number of amides is 1. The number of aromatic nitrogens is 3. The summed E-state index contributed by atoms with van der Waals surface area (Å²) in [6, 6.07) is 20.0. The first-order valence-electron chi connectivity index (χ1n) is 11.2. The van der Waals surface area contributed by atoms with E-state index in [1.165, 1.54) is 18.2 Å². The van der Waals surface area contributed by atoms with Gasteiger partial charge < -0.3 is 5.32 Å². The largest absolute Gasteiger partial charge is 0.352 e. The third-order valence-corrected chi connectivity index (χ3v) is 5.94. The van der Waals surface area contributed by atoms with Gasteiger partial charge in [-0.1, -0.05) is 54.6 Å². The number of hydrogen-bond acceptors (Lipinski definition) is 4. The van der Waals surface area contributed by atoms with Crippen molar-refractivity contribution in [2.75, 3.05) is 0 Å². The molecule has 0 aliphatic carbocycles. The fraction of sp³-hybridized carbons (Fsp3) is 0.185. The van der Waals surface area contributed by atoms with Crippen LogP contribution in [0.2, 0.25) is 0 Å². The second kappa shape index (κ2) is 9.89. The minimum Gasteiger partial charge on any atom is -0.344 e. The molecule has 35 heavy (non-hydrogen) atoms. The number of carbonyl (C=O) groups is 1. The molecule has 3 aromatic carbocycles. The summed E-state index contributed by atoms with van der Waals surface area (Å²) in [4.78, 5) is 39.8. The molecule has 0 spiro atoms. The van der Waals surface area contributed by atoms with Crippen LogP contribution in [0.3, 0.4) is 0 Å². The average Bonchev–Trinajstić information content (AvgIpc) is 2.85. The Morgan fingerprint density at radius 1 is 0.971 bits per heavy atom. The second-order valence-electron chi connectivity index (χ2n) is 8.40. The zero-order valence-electron chi connectivity index (χ0n) is 19.7. The van der Waals surface area contributed by atoms with Crippen LogP contribution in [0.5, 0.6) is 0 Å². The molecule has 1 atom stereocenters. The fourth-order valence-electron chi connectivity index (χ4n) is 3.71. The predicted octanol–water partition coefficient (Wildman–Crippen LogP) is 3.69. The van der Waals surface area contributed by atoms with Crippen LogP contribution in [-0.4, -0.2) is 20.3 Å². The summed E-state index contributed by atoms with van der Waals surface area (Å²) in [6.45, 7) is 5.25. The molecule has 0 saturated carbocycles. The van der Waals surface area contributed by atoms with E-state index >= 15 is 0 Å². The van der Waals surface area contributed by atoms with Gasteiger partial charge in [-0.3, -0.25) is 14.2 Å². The lowest BCUT2D eigenvalue weighted by Crippen LogP contribution is -2.46. The third kappa shape index (κ3) is 4.96. The second-order valence-corrected chi connectivity index (χ2v) is 8.40. The Labute approximate surface area is 201 Å². The van der Waals surface area contributed by atoms with Gasteiger partial charge in [0.05, 0.1) is 18.3 Å². The van der Waals surface area contributed by atoms with E-state index in [1.54, 1.807) is 25.1 Å². The van der Waals surface area contributed by atoms with Crippen molar-refractivity contribution in [1.82, 2.24) is 19.7 Å². The predicted molar refractivity (Wildman–Crippen MR) is 131 cm³/mol. The van der Waals surface area contributed by atoms with Crippen molar-refractivity contribution < 1.29 is 9.18 Å². The molecule has 1 amide bonds. The quantitative estimate of drug-likeness (QED) is 0.464. The summed E-state index contributed by atoms with van der Waals surface area (Å²) in [5, 5.41) is 6.92. The van der Waals surface area contributed by atoms with E-state index in [-0.39, 0.29) is 12.1 Å². The summed E-state index contributed by atoms with van der Waals surface area (Å²) in [5.74, 6) is -1.29. The molecular weight excluding hydrogens is 447 g/mol. The van der Waals surface area contributed by atoms with Crippen molar-refractivity contribution in [2.24, 2.45) is 0 Å². The maximum Gasteiger partial charge on any atom is 0.352 e. The maximum absolute atomic E-state index is 14.4. The summed E-state index contributed by atoms with van der Waals surface area (Å²) in [6.07, 6.45) is 0. The van der Waals surface area contributed by atoms with E-state index < -0.39 is 34.7 Å². The number of nitrogens with one attached hydrogen (secondary N) is 1. The smallest absolute Gasteiger partial charge is 0.344 e. The van der Waals surface area contributed by atoms with Gasteiger partial charge in [0.2, 0.25) is 5.69 Å². The first-order chi connectivity index (χ1) is 16.8. The van der Waals surface area contributed by atoms with Crippen LogP contribution in [0.25, 0.3) is 5.69 Å². The number of carbonyl (C=O) groups excluding carboxylic acids is 1. The molecule has 178 valence electrons. The molecule has 0 unspecified atom stereocenters. The van der Waals surface area contributed by atoms with Gasteiger partial charge in [0.15, 0.2) is 0 Å². The Bertz CT molecular complexity index is 1510. The number of halogens is 1. The zero-order chi connectivity index (χ0) is 25.1. The van der Waals surface area contributed by atoms with Gasteiger partial charge in [0, 0.05) is 5.56 Å². The summed E-state index contributed by atoms with van der Waals surface area (Å²) < 4.78 is 16.2. The number of hydrogen-bond donors (Lipinski definition) is 1. The van der Waals surface area contributed by atoms with E-state index in [0.29, 0.717) is 5.69 Å². The molecule has 0 aliphatic rings. The van der Waals surface area contributed by atoms with Gasteiger partial charge in [-0.05, 0) is 55.7 Å². The average molecular weight is 473 g/mol. The molecule has 7 nitrogen and oxygen atoms in total. The highest BCUT2D eigenvalue weighted by molar-refractivity contribution is 5.92. The first kappa shape index (κ1) is 23.8. The highest BCUT2D eigenvalue weighted by atomic mass is 19.1. The van der Waals surface area contributed by atoms with Crippen LogP contribution in [0, 0.1) is 19.7 Å². The van der Waals surface area contributed by atoms with Gasteiger partial charge in [-0.2, -0.15) is 9.78 Å². The van der Waals surface area contributed by atoms with Crippen molar-refractivity contribution in [2.45, 2.75) is 33.4 Å². The van der Waals surface area contributed by atoms with Gasteiger partial charge in [0.25, 0.3) is 11.5 Å². The molecule has 1 N–H and O–H groups in total. The van der Waals surface area contributed by atoms with Gasteiger partial charge in [-0.25, -0.2) is 9.18 Å². The Hall–Kier alpha value is -4.33. The minimum absolute atomic E-state index is 0.147. The number of nitrogens with zero attached hydrogens (tertiary/aromatic N) is 3. The number of aryl methyl sites for hydroxylation is 2. The summed E-state index contributed by atoms with van der Waals surface area (Å²) in [7, 11) is 0. The Morgan fingerprint density at radius 2 is 1.66 bits per heavy atom. The highest BCUT2D eigenvalue weighted by Gasteiger charge is 2.22. The van der Waals surface area contributed by atoms with Crippen molar-refractivity contribution in [1.29, 1.82) is 0 Å². The first-order valence-corrected chi connectivity index (χ1v) is 11.2. The van der Waals surface area contributed by atoms with Crippen LogP contribution in [0.15, 0.2) is 82.4 Å². The Balaban J connectivity index is 1.84. The molecule has 4 rings (SSSR count). The number of benzene rings is 3. The SMILES string of the molecule is Cc1ccc(-n2nc(C(=O)N[C@H](C)c3ccccc3)c(=O)n(Cc3ccccc3F)c2=O)cc1C. The van der Waals surface area contributed by atoms with Crippen LogP contribution < -0.4 is 16.6 Å². The minimum atomic E-state index is -0.893. The van der Waals surface area contributed by atoms with Crippen LogP contribution >= 0.6 is 0 Å². The van der Waals surface area contributed by atoms with Crippen molar-refractivity contribution in [3.8, 4) is 5.69 Å². The van der Waals surface area contributed by atoms with Gasteiger partial charge >= 0.3 is 5.69 Å². The molecule has 0 fully saturated rings. The molecule has 4 aromatic rings. The zero-order valence-corrected chi connectivity index (χ0v) is 19.7. The normalized spacial score (nSPS) is 11.8. The van der Waals surface area contributed by atoms with Crippen molar-refractivity contribution in [3.63, 3.8) is 0 Å². The third-order valence-electron chi connectivity index (χ3n) is 5.94. The lowest BCUT2D eigenvalue weighted by Gasteiger charge is -2.16. The van der Waals surface area contributed by atoms with Gasteiger partial charge in [-0.15, -0.1) is 0 Å². The molecule has 1 heterocycles. The molecule has 0 radical (unpaired) electrons.